The normalized spacial score (nSPS) is 17.2. The predicted molar refractivity (Wildman–Crippen MR) is 72.1 cm³/mol. The van der Waals surface area contributed by atoms with Gasteiger partial charge in [-0.2, -0.15) is 0 Å². The molecule has 1 N–H and O–H groups in total. The molecule has 0 aliphatic carbocycles. The van der Waals surface area contributed by atoms with Gasteiger partial charge in [0.2, 0.25) is 0 Å². The van der Waals surface area contributed by atoms with Crippen LogP contribution in [0.2, 0.25) is 0 Å². The quantitative estimate of drug-likeness (QED) is 0.851. The fraction of sp³-hybridized carbons (Fsp3) is 0.267. The number of ether oxygens (including phenoxy) is 2. The largest absolute Gasteiger partial charge is 0.496 e. The molecule has 1 unspecified atom stereocenters. The molecule has 19 heavy (non-hydrogen) atoms. The number of carbonyl (C=O) groups is 1. The Labute approximate surface area is 111 Å². The Bertz CT molecular complexity index is 620. The van der Waals surface area contributed by atoms with Gasteiger partial charge in [0.15, 0.2) is 6.10 Å². The van der Waals surface area contributed by atoms with Crippen LogP contribution in [0.4, 0.5) is 0 Å². The molecule has 0 aromatic heterocycles. The third-order valence-corrected chi connectivity index (χ3v) is 3.27. The molecule has 1 saturated heterocycles. The van der Waals surface area contributed by atoms with E-state index in [1.165, 1.54) is 0 Å². The summed E-state index contributed by atoms with van der Waals surface area (Å²) < 4.78 is 10.3. The highest BCUT2D eigenvalue weighted by atomic mass is 16.6. The molecule has 1 aliphatic rings. The standard InChI is InChI=1S/C15H15NO3/c1-18-13-7-6-10(8-16-15(17)14-9-19-14)11-4-2-3-5-12(11)13/h2-7,14H,8-9H2,1H3,(H,16,17). The van der Waals surface area contributed by atoms with Crippen molar-refractivity contribution in [1.82, 2.24) is 5.32 Å². The van der Waals surface area contributed by atoms with E-state index in [9.17, 15) is 4.79 Å². The maximum atomic E-state index is 11.6. The maximum absolute atomic E-state index is 11.6. The zero-order valence-electron chi connectivity index (χ0n) is 10.7. The highest BCUT2D eigenvalue weighted by Gasteiger charge is 2.30. The summed E-state index contributed by atoms with van der Waals surface area (Å²) in [6.45, 7) is 1.04. The van der Waals surface area contributed by atoms with Gasteiger partial charge in [-0.3, -0.25) is 4.79 Å². The van der Waals surface area contributed by atoms with Crippen molar-refractivity contribution < 1.29 is 14.3 Å². The average molecular weight is 257 g/mol. The minimum atomic E-state index is -0.246. The molecule has 1 amide bonds. The van der Waals surface area contributed by atoms with Gasteiger partial charge in [-0.25, -0.2) is 0 Å². The molecule has 98 valence electrons. The smallest absolute Gasteiger partial charge is 0.251 e. The first-order valence-corrected chi connectivity index (χ1v) is 6.23. The summed E-state index contributed by atoms with van der Waals surface area (Å²) in [5, 5.41) is 5.04. The van der Waals surface area contributed by atoms with Crippen molar-refractivity contribution in [2.45, 2.75) is 12.6 Å². The van der Waals surface area contributed by atoms with E-state index in [-0.39, 0.29) is 12.0 Å². The molecule has 1 fully saturated rings. The third-order valence-electron chi connectivity index (χ3n) is 3.27. The number of amides is 1. The minimum Gasteiger partial charge on any atom is -0.496 e. The van der Waals surface area contributed by atoms with Crippen LogP contribution < -0.4 is 10.1 Å². The van der Waals surface area contributed by atoms with Crippen molar-refractivity contribution in [2.75, 3.05) is 13.7 Å². The average Bonchev–Trinajstić information content (AvgIpc) is 3.29. The van der Waals surface area contributed by atoms with E-state index >= 15 is 0 Å². The molecule has 2 aromatic rings. The Morgan fingerprint density at radius 3 is 2.74 bits per heavy atom. The fourth-order valence-corrected chi connectivity index (χ4v) is 2.16. The van der Waals surface area contributed by atoms with Gasteiger partial charge in [0.05, 0.1) is 13.7 Å². The van der Waals surface area contributed by atoms with Gasteiger partial charge in [-0.1, -0.05) is 30.3 Å². The van der Waals surface area contributed by atoms with Crippen LogP contribution in [0.1, 0.15) is 5.56 Å². The fourth-order valence-electron chi connectivity index (χ4n) is 2.16. The lowest BCUT2D eigenvalue weighted by molar-refractivity contribution is -0.122. The van der Waals surface area contributed by atoms with Gasteiger partial charge in [-0.15, -0.1) is 0 Å². The first kappa shape index (κ1) is 12.0. The van der Waals surface area contributed by atoms with Crippen LogP contribution in [-0.2, 0) is 16.1 Å². The van der Waals surface area contributed by atoms with Crippen molar-refractivity contribution in [1.29, 1.82) is 0 Å². The molecule has 1 heterocycles. The number of hydrogen-bond donors (Lipinski definition) is 1. The SMILES string of the molecule is COc1ccc(CNC(=O)C2CO2)c2ccccc12. The van der Waals surface area contributed by atoms with Crippen molar-refractivity contribution in [3.8, 4) is 5.75 Å². The first-order chi connectivity index (χ1) is 9.29. The van der Waals surface area contributed by atoms with Gasteiger partial charge in [0.25, 0.3) is 5.91 Å². The Balaban J connectivity index is 1.88. The van der Waals surface area contributed by atoms with Crippen LogP contribution in [0, 0.1) is 0 Å². The second kappa shape index (κ2) is 4.90. The van der Waals surface area contributed by atoms with E-state index in [4.69, 9.17) is 9.47 Å². The molecule has 0 spiro atoms. The molecule has 4 heteroatoms. The number of hydrogen-bond acceptors (Lipinski definition) is 3. The summed E-state index contributed by atoms with van der Waals surface area (Å²) in [5.41, 5.74) is 1.07. The van der Waals surface area contributed by atoms with Crippen molar-refractivity contribution >= 4 is 16.7 Å². The van der Waals surface area contributed by atoms with E-state index < -0.39 is 0 Å². The minimum absolute atomic E-state index is 0.0418. The summed E-state index contributed by atoms with van der Waals surface area (Å²) in [7, 11) is 1.66. The Hall–Kier alpha value is -2.07. The summed E-state index contributed by atoms with van der Waals surface area (Å²) in [6.07, 6.45) is -0.246. The van der Waals surface area contributed by atoms with E-state index in [0.29, 0.717) is 13.2 Å². The Morgan fingerprint density at radius 2 is 2.05 bits per heavy atom. The second-order valence-corrected chi connectivity index (χ2v) is 4.51. The Morgan fingerprint density at radius 1 is 1.32 bits per heavy atom. The summed E-state index contributed by atoms with van der Waals surface area (Å²) >= 11 is 0. The molecule has 1 aliphatic heterocycles. The van der Waals surface area contributed by atoms with E-state index in [2.05, 4.69) is 5.32 Å². The van der Waals surface area contributed by atoms with Gasteiger partial charge in [0.1, 0.15) is 5.75 Å². The monoisotopic (exact) mass is 257 g/mol. The number of nitrogens with one attached hydrogen (secondary N) is 1. The third kappa shape index (κ3) is 2.39. The molecular weight excluding hydrogens is 242 g/mol. The highest BCUT2D eigenvalue weighted by Crippen LogP contribution is 2.28. The molecular formula is C15H15NO3. The van der Waals surface area contributed by atoms with E-state index in [0.717, 1.165) is 22.1 Å². The van der Waals surface area contributed by atoms with Gasteiger partial charge in [-0.05, 0) is 17.0 Å². The van der Waals surface area contributed by atoms with Gasteiger partial charge in [0, 0.05) is 11.9 Å². The van der Waals surface area contributed by atoms with Crippen molar-refractivity contribution in [2.24, 2.45) is 0 Å². The summed E-state index contributed by atoms with van der Waals surface area (Å²) in [4.78, 5) is 11.6. The second-order valence-electron chi connectivity index (χ2n) is 4.51. The Kier molecular flexibility index (Phi) is 3.09. The number of benzene rings is 2. The molecule has 3 rings (SSSR count). The van der Waals surface area contributed by atoms with Crippen molar-refractivity contribution in [3.05, 3.63) is 42.0 Å². The first-order valence-electron chi connectivity index (χ1n) is 6.23. The lowest BCUT2D eigenvalue weighted by Crippen LogP contribution is -2.27. The number of carbonyl (C=O) groups excluding carboxylic acids is 1. The van der Waals surface area contributed by atoms with Gasteiger partial charge >= 0.3 is 0 Å². The van der Waals surface area contributed by atoms with Crippen LogP contribution >= 0.6 is 0 Å². The molecule has 1 atom stereocenters. The van der Waals surface area contributed by atoms with Crippen LogP contribution in [-0.4, -0.2) is 25.7 Å². The molecule has 0 saturated carbocycles. The molecule has 4 nitrogen and oxygen atoms in total. The molecule has 0 radical (unpaired) electrons. The van der Waals surface area contributed by atoms with Crippen LogP contribution in [0.15, 0.2) is 36.4 Å². The maximum Gasteiger partial charge on any atom is 0.251 e. The van der Waals surface area contributed by atoms with Crippen molar-refractivity contribution in [3.63, 3.8) is 0 Å². The predicted octanol–water partition coefficient (Wildman–Crippen LogP) is 1.86. The zero-order valence-corrected chi connectivity index (χ0v) is 10.7. The summed E-state index contributed by atoms with van der Waals surface area (Å²) in [6, 6.07) is 11.9. The number of rotatable bonds is 4. The molecule has 2 aromatic carbocycles. The van der Waals surface area contributed by atoms with Crippen LogP contribution in [0.25, 0.3) is 10.8 Å². The number of methoxy groups -OCH3 is 1. The number of fused-ring (bicyclic) bond motifs is 1. The lowest BCUT2D eigenvalue weighted by atomic mass is 10.0. The topological polar surface area (TPSA) is 50.9 Å². The molecule has 0 bridgehead atoms. The number of epoxide rings is 1. The van der Waals surface area contributed by atoms with Gasteiger partial charge < -0.3 is 14.8 Å². The van der Waals surface area contributed by atoms with E-state index in [1.54, 1.807) is 7.11 Å². The highest BCUT2D eigenvalue weighted by molar-refractivity contribution is 5.91. The summed E-state index contributed by atoms with van der Waals surface area (Å²) in [5.74, 6) is 0.802. The van der Waals surface area contributed by atoms with Crippen LogP contribution in [0.5, 0.6) is 5.75 Å². The van der Waals surface area contributed by atoms with E-state index in [1.807, 2.05) is 36.4 Å². The lowest BCUT2D eigenvalue weighted by Gasteiger charge is -2.11. The zero-order chi connectivity index (χ0) is 13.2. The van der Waals surface area contributed by atoms with Crippen LogP contribution in [0.3, 0.4) is 0 Å².